The molecule has 0 radical (unpaired) electrons. The van der Waals surface area contributed by atoms with Crippen LogP contribution in [0.5, 0.6) is 0 Å². The summed E-state index contributed by atoms with van der Waals surface area (Å²) in [6, 6.07) is 9.57. The molecule has 1 unspecified atom stereocenters. The van der Waals surface area contributed by atoms with Crippen LogP contribution in [0.4, 0.5) is 0 Å². The third-order valence-electron chi connectivity index (χ3n) is 3.82. The Kier molecular flexibility index (Phi) is 4.43. The largest absolute Gasteiger partial charge is 0.343 e. The number of rotatable bonds is 5. The van der Waals surface area contributed by atoms with Crippen molar-refractivity contribution < 1.29 is 4.79 Å². The van der Waals surface area contributed by atoms with Crippen molar-refractivity contribution >= 4 is 17.7 Å². The molecule has 1 atom stereocenters. The van der Waals surface area contributed by atoms with E-state index in [4.69, 9.17) is 0 Å². The summed E-state index contributed by atoms with van der Waals surface area (Å²) in [5.74, 6) is 0.422. The van der Waals surface area contributed by atoms with Crippen LogP contribution in [0.15, 0.2) is 41.6 Å². The second-order valence-corrected chi connectivity index (χ2v) is 6.35. The summed E-state index contributed by atoms with van der Waals surface area (Å²) in [7, 11) is 0. The standard InChI is InChI=1S/C17H19N3OS/c1-11-5-3-7-14(19-11)15(12-8-9-12)20-16(21)13-6-4-10-18-17(13)22-2/h3-7,10,12,15H,8-9H2,1-2H3,(H,20,21). The van der Waals surface area contributed by atoms with Crippen LogP contribution < -0.4 is 5.32 Å². The Morgan fingerprint density at radius 3 is 2.82 bits per heavy atom. The maximum absolute atomic E-state index is 12.6. The summed E-state index contributed by atoms with van der Waals surface area (Å²) < 4.78 is 0. The van der Waals surface area contributed by atoms with Crippen LogP contribution in [0.1, 0.15) is 40.6 Å². The fourth-order valence-corrected chi connectivity index (χ4v) is 3.09. The van der Waals surface area contributed by atoms with Gasteiger partial charge in [-0.05, 0) is 56.2 Å². The Morgan fingerprint density at radius 1 is 1.32 bits per heavy atom. The minimum absolute atomic E-state index is 0.0117. The lowest BCUT2D eigenvalue weighted by atomic mass is 10.1. The summed E-state index contributed by atoms with van der Waals surface area (Å²) in [6.45, 7) is 1.97. The molecule has 0 spiro atoms. The van der Waals surface area contributed by atoms with E-state index in [9.17, 15) is 4.79 Å². The van der Waals surface area contributed by atoms with Crippen molar-refractivity contribution in [2.24, 2.45) is 5.92 Å². The van der Waals surface area contributed by atoms with Crippen molar-refractivity contribution in [3.63, 3.8) is 0 Å². The van der Waals surface area contributed by atoms with Gasteiger partial charge in [0.15, 0.2) is 0 Å². The van der Waals surface area contributed by atoms with Gasteiger partial charge >= 0.3 is 0 Å². The van der Waals surface area contributed by atoms with Gasteiger partial charge in [-0.1, -0.05) is 6.07 Å². The average molecular weight is 313 g/mol. The molecule has 1 N–H and O–H groups in total. The molecule has 2 aromatic heterocycles. The molecular weight excluding hydrogens is 294 g/mol. The molecular formula is C17H19N3OS. The van der Waals surface area contributed by atoms with E-state index in [1.807, 2.05) is 37.4 Å². The van der Waals surface area contributed by atoms with E-state index in [0.717, 1.165) is 29.3 Å². The lowest BCUT2D eigenvalue weighted by Crippen LogP contribution is -2.31. The lowest BCUT2D eigenvalue weighted by molar-refractivity contribution is 0.0927. The minimum Gasteiger partial charge on any atom is -0.343 e. The zero-order valence-electron chi connectivity index (χ0n) is 12.7. The van der Waals surface area contributed by atoms with E-state index in [0.29, 0.717) is 11.5 Å². The first-order chi connectivity index (χ1) is 10.7. The predicted octanol–water partition coefficient (Wildman–Crippen LogP) is 3.39. The molecule has 1 saturated carbocycles. The number of nitrogens with zero attached hydrogens (tertiary/aromatic N) is 2. The topological polar surface area (TPSA) is 54.9 Å². The Balaban J connectivity index is 1.84. The van der Waals surface area contributed by atoms with Gasteiger partial charge < -0.3 is 5.32 Å². The van der Waals surface area contributed by atoms with Gasteiger partial charge in [0, 0.05) is 11.9 Å². The van der Waals surface area contributed by atoms with E-state index in [1.165, 1.54) is 11.8 Å². The van der Waals surface area contributed by atoms with Crippen molar-refractivity contribution in [3.05, 3.63) is 53.5 Å². The summed E-state index contributed by atoms with van der Waals surface area (Å²) >= 11 is 1.49. The molecule has 1 fully saturated rings. The number of aryl methyl sites for hydroxylation is 1. The van der Waals surface area contributed by atoms with Gasteiger partial charge in [0.1, 0.15) is 5.03 Å². The summed E-state index contributed by atoms with van der Waals surface area (Å²) in [6.07, 6.45) is 5.93. The first-order valence-corrected chi connectivity index (χ1v) is 8.65. The summed E-state index contributed by atoms with van der Waals surface area (Å²) in [5, 5.41) is 3.91. The number of hydrogen-bond donors (Lipinski definition) is 1. The number of thioether (sulfide) groups is 1. The highest BCUT2D eigenvalue weighted by atomic mass is 32.2. The second-order valence-electron chi connectivity index (χ2n) is 5.55. The minimum atomic E-state index is -0.0716. The summed E-state index contributed by atoms with van der Waals surface area (Å²) in [5.41, 5.74) is 2.56. The number of carbonyl (C=O) groups is 1. The summed E-state index contributed by atoms with van der Waals surface area (Å²) in [4.78, 5) is 21.5. The Labute approximate surface area is 134 Å². The van der Waals surface area contributed by atoms with E-state index in [2.05, 4.69) is 15.3 Å². The fraction of sp³-hybridized carbons (Fsp3) is 0.353. The number of pyridine rings is 2. The van der Waals surface area contributed by atoms with Crippen LogP contribution in [0.25, 0.3) is 0 Å². The third-order valence-corrected chi connectivity index (χ3v) is 4.53. The molecule has 1 aliphatic rings. The zero-order chi connectivity index (χ0) is 15.5. The van der Waals surface area contributed by atoms with Crippen LogP contribution in [-0.4, -0.2) is 22.1 Å². The van der Waals surface area contributed by atoms with Gasteiger partial charge in [0.2, 0.25) is 0 Å². The number of aromatic nitrogens is 2. The quantitative estimate of drug-likeness (QED) is 0.860. The predicted molar refractivity (Wildman–Crippen MR) is 87.9 cm³/mol. The van der Waals surface area contributed by atoms with Gasteiger partial charge in [-0.2, -0.15) is 0 Å². The SMILES string of the molecule is CSc1ncccc1C(=O)NC(c1cccc(C)n1)C1CC1. The van der Waals surface area contributed by atoms with E-state index >= 15 is 0 Å². The van der Waals surface area contributed by atoms with E-state index in [1.54, 1.807) is 12.3 Å². The van der Waals surface area contributed by atoms with Crippen LogP contribution >= 0.6 is 11.8 Å². The molecule has 0 saturated heterocycles. The average Bonchev–Trinajstić information content (AvgIpc) is 3.37. The molecule has 4 nitrogen and oxygen atoms in total. The molecule has 1 aliphatic carbocycles. The molecule has 2 heterocycles. The molecule has 5 heteroatoms. The van der Waals surface area contributed by atoms with Gasteiger partial charge in [0.05, 0.1) is 17.3 Å². The number of amides is 1. The molecule has 22 heavy (non-hydrogen) atoms. The Morgan fingerprint density at radius 2 is 2.14 bits per heavy atom. The van der Waals surface area contributed by atoms with Gasteiger partial charge in [-0.15, -0.1) is 11.8 Å². The second kappa shape index (κ2) is 6.48. The van der Waals surface area contributed by atoms with Crippen molar-refractivity contribution in [2.45, 2.75) is 30.8 Å². The van der Waals surface area contributed by atoms with Crippen LogP contribution in [0.3, 0.4) is 0 Å². The van der Waals surface area contributed by atoms with Gasteiger partial charge in [0.25, 0.3) is 5.91 Å². The molecule has 0 aliphatic heterocycles. The zero-order valence-corrected chi connectivity index (χ0v) is 13.6. The Bertz CT molecular complexity index is 685. The van der Waals surface area contributed by atoms with Crippen molar-refractivity contribution in [3.8, 4) is 0 Å². The smallest absolute Gasteiger partial charge is 0.254 e. The number of carbonyl (C=O) groups excluding carboxylic acids is 1. The van der Waals surface area contributed by atoms with Crippen molar-refractivity contribution in [1.29, 1.82) is 0 Å². The molecule has 0 bridgehead atoms. The maximum Gasteiger partial charge on any atom is 0.254 e. The molecule has 114 valence electrons. The highest BCUT2D eigenvalue weighted by Crippen LogP contribution is 2.40. The van der Waals surface area contributed by atoms with Gasteiger partial charge in [-0.3, -0.25) is 9.78 Å². The monoisotopic (exact) mass is 313 g/mol. The maximum atomic E-state index is 12.6. The molecule has 1 amide bonds. The molecule has 2 aromatic rings. The highest BCUT2D eigenvalue weighted by Gasteiger charge is 2.34. The number of nitrogens with one attached hydrogen (secondary N) is 1. The lowest BCUT2D eigenvalue weighted by Gasteiger charge is -2.19. The fourth-order valence-electron chi connectivity index (χ4n) is 2.55. The van der Waals surface area contributed by atoms with Crippen molar-refractivity contribution in [1.82, 2.24) is 15.3 Å². The molecule has 0 aromatic carbocycles. The Hall–Kier alpha value is -1.88. The van der Waals surface area contributed by atoms with E-state index < -0.39 is 0 Å². The first kappa shape index (κ1) is 15.0. The van der Waals surface area contributed by atoms with Crippen molar-refractivity contribution in [2.75, 3.05) is 6.26 Å². The first-order valence-electron chi connectivity index (χ1n) is 7.42. The number of hydrogen-bond acceptors (Lipinski definition) is 4. The van der Waals surface area contributed by atoms with E-state index in [-0.39, 0.29) is 11.9 Å². The van der Waals surface area contributed by atoms with Crippen LogP contribution in [0.2, 0.25) is 0 Å². The van der Waals surface area contributed by atoms with Crippen LogP contribution in [0, 0.1) is 12.8 Å². The van der Waals surface area contributed by atoms with Crippen LogP contribution in [-0.2, 0) is 0 Å². The molecule has 3 rings (SSSR count). The van der Waals surface area contributed by atoms with Gasteiger partial charge in [-0.25, -0.2) is 4.98 Å². The normalized spacial score (nSPS) is 15.4. The third kappa shape index (κ3) is 3.30. The highest BCUT2D eigenvalue weighted by molar-refractivity contribution is 7.98.